The first-order valence-electron chi connectivity index (χ1n) is 6.57. The zero-order chi connectivity index (χ0) is 15.2. The average Bonchev–Trinajstić information content (AvgIpc) is 2.49. The molecule has 0 aromatic heterocycles. The molecule has 5 heteroatoms. The van der Waals surface area contributed by atoms with Crippen molar-refractivity contribution < 1.29 is 13.9 Å². The number of hydrogen-bond acceptors (Lipinski definition) is 3. The number of carbonyl (C=O) groups is 1. The lowest BCUT2D eigenvalue weighted by Crippen LogP contribution is -2.21. The number of para-hydroxylation sites is 2. The molecule has 4 nitrogen and oxygen atoms in total. The van der Waals surface area contributed by atoms with Crippen LogP contribution in [0.1, 0.15) is 11.1 Å². The summed E-state index contributed by atoms with van der Waals surface area (Å²) in [5.74, 6) is -0.332. The van der Waals surface area contributed by atoms with Crippen LogP contribution in [0.25, 0.3) is 0 Å². The molecule has 0 heterocycles. The molecule has 110 valence electrons. The van der Waals surface area contributed by atoms with Gasteiger partial charge in [0.25, 0.3) is 5.91 Å². The highest BCUT2D eigenvalue weighted by Crippen LogP contribution is 2.19. The smallest absolute Gasteiger partial charge is 0.262 e. The molecule has 0 saturated carbocycles. The van der Waals surface area contributed by atoms with Crippen LogP contribution in [-0.4, -0.2) is 12.5 Å². The summed E-state index contributed by atoms with van der Waals surface area (Å²) in [5.41, 5.74) is 7.24. The number of ether oxygens (including phenoxy) is 1. The maximum Gasteiger partial charge on any atom is 0.262 e. The summed E-state index contributed by atoms with van der Waals surface area (Å²) < 4.78 is 19.0. The second kappa shape index (κ2) is 6.85. The minimum absolute atomic E-state index is 0.179. The van der Waals surface area contributed by atoms with Crippen molar-refractivity contribution in [1.82, 2.24) is 0 Å². The monoisotopic (exact) mass is 288 g/mol. The predicted molar refractivity (Wildman–Crippen MR) is 79.6 cm³/mol. The van der Waals surface area contributed by atoms with E-state index in [4.69, 9.17) is 10.5 Å². The summed E-state index contributed by atoms with van der Waals surface area (Å²) in [4.78, 5) is 11.9. The second-order valence-corrected chi connectivity index (χ2v) is 4.58. The Labute approximate surface area is 122 Å². The molecule has 2 rings (SSSR count). The molecule has 0 bridgehead atoms. The SMILES string of the molecule is Cc1cccc(F)c1NC(=O)COc1ccccc1CN. The first-order valence-corrected chi connectivity index (χ1v) is 6.57. The molecule has 0 fully saturated rings. The predicted octanol–water partition coefficient (Wildman–Crippen LogP) is 2.61. The fourth-order valence-corrected chi connectivity index (χ4v) is 1.92. The highest BCUT2D eigenvalue weighted by molar-refractivity contribution is 5.92. The Hall–Kier alpha value is -2.40. The lowest BCUT2D eigenvalue weighted by Gasteiger charge is -2.12. The first-order chi connectivity index (χ1) is 10.1. The number of carbonyl (C=O) groups excluding carboxylic acids is 1. The van der Waals surface area contributed by atoms with E-state index in [0.29, 0.717) is 17.9 Å². The average molecular weight is 288 g/mol. The van der Waals surface area contributed by atoms with Crippen molar-refractivity contribution in [1.29, 1.82) is 0 Å². The van der Waals surface area contributed by atoms with Gasteiger partial charge in [0.05, 0.1) is 5.69 Å². The zero-order valence-electron chi connectivity index (χ0n) is 11.7. The largest absolute Gasteiger partial charge is 0.483 e. The third-order valence-electron chi connectivity index (χ3n) is 3.04. The molecule has 0 atom stereocenters. The van der Waals surface area contributed by atoms with E-state index in [9.17, 15) is 9.18 Å². The van der Waals surface area contributed by atoms with Crippen molar-refractivity contribution in [3.05, 3.63) is 59.4 Å². The molecule has 0 unspecified atom stereocenters. The number of hydrogen-bond donors (Lipinski definition) is 2. The number of nitrogens with two attached hydrogens (primary N) is 1. The highest BCUT2D eigenvalue weighted by Gasteiger charge is 2.10. The molecule has 2 aromatic rings. The number of nitrogens with one attached hydrogen (secondary N) is 1. The van der Waals surface area contributed by atoms with E-state index >= 15 is 0 Å². The van der Waals surface area contributed by atoms with Gasteiger partial charge in [0, 0.05) is 12.1 Å². The Morgan fingerprint density at radius 1 is 1.24 bits per heavy atom. The number of rotatable bonds is 5. The topological polar surface area (TPSA) is 64.3 Å². The van der Waals surface area contributed by atoms with E-state index in [2.05, 4.69) is 5.32 Å². The number of amides is 1. The van der Waals surface area contributed by atoms with Crippen molar-refractivity contribution >= 4 is 11.6 Å². The van der Waals surface area contributed by atoms with Crippen LogP contribution in [0.2, 0.25) is 0 Å². The number of anilines is 1. The normalized spacial score (nSPS) is 10.2. The molecule has 3 N–H and O–H groups in total. The van der Waals surface area contributed by atoms with Gasteiger partial charge in [0.2, 0.25) is 0 Å². The van der Waals surface area contributed by atoms with Gasteiger partial charge >= 0.3 is 0 Å². The van der Waals surface area contributed by atoms with Crippen LogP contribution in [0.4, 0.5) is 10.1 Å². The molecule has 0 aliphatic heterocycles. The van der Waals surface area contributed by atoms with Gasteiger partial charge in [-0.25, -0.2) is 4.39 Å². The Morgan fingerprint density at radius 2 is 2.00 bits per heavy atom. The van der Waals surface area contributed by atoms with Crippen molar-refractivity contribution in [2.45, 2.75) is 13.5 Å². The van der Waals surface area contributed by atoms with Gasteiger partial charge in [-0.05, 0) is 24.6 Å². The molecule has 2 aromatic carbocycles. The molecule has 0 radical (unpaired) electrons. The van der Waals surface area contributed by atoms with Crippen molar-refractivity contribution in [3.63, 3.8) is 0 Å². The van der Waals surface area contributed by atoms with Crippen LogP contribution in [0.3, 0.4) is 0 Å². The highest BCUT2D eigenvalue weighted by atomic mass is 19.1. The standard InChI is InChI=1S/C16H17FN2O2/c1-11-5-4-7-13(17)16(11)19-15(20)10-21-14-8-3-2-6-12(14)9-18/h2-8H,9-10,18H2,1H3,(H,19,20). The number of halogens is 1. The van der Waals surface area contributed by atoms with E-state index in [1.165, 1.54) is 6.07 Å². The second-order valence-electron chi connectivity index (χ2n) is 4.58. The summed E-state index contributed by atoms with van der Waals surface area (Å²) in [6.07, 6.45) is 0. The molecule has 0 saturated heterocycles. The van der Waals surface area contributed by atoms with Gasteiger partial charge in [-0.1, -0.05) is 30.3 Å². The van der Waals surface area contributed by atoms with E-state index in [0.717, 1.165) is 5.56 Å². The summed E-state index contributed by atoms with van der Waals surface area (Å²) in [7, 11) is 0. The molecule has 0 aliphatic carbocycles. The Balaban J connectivity index is 1.99. The molecule has 0 spiro atoms. The van der Waals surface area contributed by atoms with Crippen LogP contribution in [0, 0.1) is 12.7 Å². The maximum absolute atomic E-state index is 13.6. The van der Waals surface area contributed by atoms with E-state index in [1.807, 2.05) is 12.1 Å². The van der Waals surface area contributed by atoms with Crippen LogP contribution in [0.5, 0.6) is 5.75 Å². The van der Waals surface area contributed by atoms with Gasteiger partial charge in [-0.15, -0.1) is 0 Å². The summed E-state index contributed by atoms with van der Waals surface area (Å²) in [5, 5.41) is 2.52. The molecule has 0 aliphatic rings. The lowest BCUT2D eigenvalue weighted by atomic mass is 10.2. The molecular formula is C16H17FN2O2. The van der Waals surface area contributed by atoms with Crippen LogP contribution in [0.15, 0.2) is 42.5 Å². The molecular weight excluding hydrogens is 271 g/mol. The van der Waals surface area contributed by atoms with Gasteiger partial charge < -0.3 is 15.8 Å². The van der Waals surface area contributed by atoms with Gasteiger partial charge in [-0.3, -0.25) is 4.79 Å². The van der Waals surface area contributed by atoms with E-state index in [-0.39, 0.29) is 12.3 Å². The third-order valence-corrected chi connectivity index (χ3v) is 3.04. The molecule has 1 amide bonds. The van der Waals surface area contributed by atoms with Gasteiger partial charge in [0.15, 0.2) is 6.61 Å². The Morgan fingerprint density at radius 3 is 2.71 bits per heavy atom. The van der Waals surface area contributed by atoms with Crippen LogP contribution in [-0.2, 0) is 11.3 Å². The van der Waals surface area contributed by atoms with E-state index < -0.39 is 11.7 Å². The summed E-state index contributed by atoms with van der Waals surface area (Å²) in [6, 6.07) is 11.8. The van der Waals surface area contributed by atoms with Crippen LogP contribution < -0.4 is 15.8 Å². The Kier molecular flexibility index (Phi) is 4.90. The fourth-order valence-electron chi connectivity index (χ4n) is 1.92. The quantitative estimate of drug-likeness (QED) is 0.889. The summed E-state index contributed by atoms with van der Waals surface area (Å²) in [6.45, 7) is 1.85. The van der Waals surface area contributed by atoms with E-state index in [1.54, 1.807) is 31.2 Å². The van der Waals surface area contributed by atoms with Crippen LogP contribution >= 0.6 is 0 Å². The number of aryl methyl sites for hydroxylation is 1. The summed E-state index contributed by atoms with van der Waals surface area (Å²) >= 11 is 0. The van der Waals surface area contributed by atoms with Gasteiger partial charge in [0.1, 0.15) is 11.6 Å². The molecule has 21 heavy (non-hydrogen) atoms. The lowest BCUT2D eigenvalue weighted by molar-refractivity contribution is -0.118. The maximum atomic E-state index is 13.6. The fraction of sp³-hybridized carbons (Fsp3) is 0.188. The van der Waals surface area contributed by atoms with Crippen molar-refractivity contribution in [2.24, 2.45) is 5.73 Å². The van der Waals surface area contributed by atoms with Crippen molar-refractivity contribution in [3.8, 4) is 5.75 Å². The van der Waals surface area contributed by atoms with Gasteiger partial charge in [-0.2, -0.15) is 0 Å². The first kappa shape index (κ1) is 15.0. The Bertz CT molecular complexity index is 624. The zero-order valence-corrected chi connectivity index (χ0v) is 11.7. The minimum Gasteiger partial charge on any atom is -0.483 e. The third kappa shape index (κ3) is 3.79. The number of benzene rings is 2. The van der Waals surface area contributed by atoms with Crippen molar-refractivity contribution in [2.75, 3.05) is 11.9 Å². The minimum atomic E-state index is -0.467.